The normalized spacial score (nSPS) is 10.3. The molecule has 0 aliphatic heterocycles. The van der Waals surface area contributed by atoms with Crippen molar-refractivity contribution in [1.82, 2.24) is 9.88 Å². The van der Waals surface area contributed by atoms with E-state index >= 15 is 0 Å². The molecule has 1 rings (SSSR count). The first kappa shape index (κ1) is 12.3. The smallest absolute Gasteiger partial charge is 0.267 e. The summed E-state index contributed by atoms with van der Waals surface area (Å²) in [6.45, 7) is 2.91. The molecule has 0 unspecified atom stereocenters. The monoisotopic (exact) mass is 272 g/mol. The largest absolute Gasteiger partial charge is 0.351 e. The summed E-state index contributed by atoms with van der Waals surface area (Å²) in [5.41, 5.74) is 0.693. The molecule has 0 saturated carbocycles. The zero-order chi connectivity index (χ0) is 11.3. The lowest BCUT2D eigenvalue weighted by atomic mass is 10.2. The molecule has 0 fully saturated rings. The van der Waals surface area contributed by atoms with E-state index in [0.29, 0.717) is 5.69 Å². The Kier molecular flexibility index (Phi) is 4.88. The Labute approximate surface area is 99.0 Å². The van der Waals surface area contributed by atoms with Crippen molar-refractivity contribution < 1.29 is 4.79 Å². The van der Waals surface area contributed by atoms with E-state index in [4.69, 9.17) is 0 Å². The van der Waals surface area contributed by atoms with Crippen molar-refractivity contribution >= 4 is 21.8 Å². The lowest BCUT2D eigenvalue weighted by Crippen LogP contribution is -2.26. The second-order valence-corrected chi connectivity index (χ2v) is 4.53. The van der Waals surface area contributed by atoms with Gasteiger partial charge in [0.1, 0.15) is 5.69 Å². The highest BCUT2D eigenvalue weighted by Gasteiger charge is 2.09. The predicted octanol–water partition coefficient (Wildman–Crippen LogP) is 2.71. The Morgan fingerprint density at radius 1 is 1.53 bits per heavy atom. The number of aryl methyl sites for hydroxylation is 1. The van der Waals surface area contributed by atoms with Gasteiger partial charge in [-0.25, -0.2) is 0 Å². The van der Waals surface area contributed by atoms with Gasteiger partial charge in [-0.05, 0) is 28.4 Å². The van der Waals surface area contributed by atoms with Crippen LogP contribution in [0.2, 0.25) is 0 Å². The number of amides is 1. The van der Waals surface area contributed by atoms with Crippen molar-refractivity contribution in [3.63, 3.8) is 0 Å². The molecular weight excluding hydrogens is 256 g/mol. The Bertz CT molecular complexity index is 333. The number of nitrogens with one attached hydrogen (secondary N) is 1. The number of unbranched alkanes of at least 4 members (excludes halogenated alkanes) is 2. The molecule has 15 heavy (non-hydrogen) atoms. The molecule has 1 N–H and O–H groups in total. The third-order valence-electron chi connectivity index (χ3n) is 2.27. The van der Waals surface area contributed by atoms with Crippen molar-refractivity contribution in [3.8, 4) is 0 Å². The van der Waals surface area contributed by atoms with Gasteiger partial charge in [0.05, 0.1) is 0 Å². The molecule has 1 heterocycles. The number of nitrogens with zero attached hydrogens (tertiary/aromatic N) is 1. The second kappa shape index (κ2) is 5.95. The van der Waals surface area contributed by atoms with E-state index in [1.807, 2.05) is 23.9 Å². The van der Waals surface area contributed by atoms with E-state index in [-0.39, 0.29) is 5.91 Å². The molecule has 1 aromatic rings. The van der Waals surface area contributed by atoms with Gasteiger partial charge in [-0.15, -0.1) is 0 Å². The topological polar surface area (TPSA) is 34.0 Å². The molecular formula is C11H17BrN2O. The highest BCUT2D eigenvalue weighted by Crippen LogP contribution is 2.13. The van der Waals surface area contributed by atoms with Gasteiger partial charge in [0.15, 0.2) is 0 Å². The number of hydrogen-bond acceptors (Lipinski definition) is 1. The first-order chi connectivity index (χ1) is 7.15. The summed E-state index contributed by atoms with van der Waals surface area (Å²) < 4.78 is 2.75. The van der Waals surface area contributed by atoms with E-state index in [1.165, 1.54) is 6.42 Å². The van der Waals surface area contributed by atoms with Crippen LogP contribution in [0, 0.1) is 0 Å². The van der Waals surface area contributed by atoms with Gasteiger partial charge in [0.25, 0.3) is 5.91 Å². The molecule has 0 aliphatic rings. The maximum atomic E-state index is 11.7. The molecule has 1 amide bonds. The average Bonchev–Trinajstić information content (AvgIpc) is 2.52. The maximum absolute atomic E-state index is 11.7. The van der Waals surface area contributed by atoms with Crippen LogP contribution in [-0.4, -0.2) is 17.0 Å². The van der Waals surface area contributed by atoms with Crippen molar-refractivity contribution in [2.75, 3.05) is 6.54 Å². The fourth-order valence-corrected chi connectivity index (χ4v) is 1.94. The fourth-order valence-electron chi connectivity index (χ4n) is 1.42. The number of carbonyl (C=O) groups excluding carboxylic acids is 1. The zero-order valence-corrected chi connectivity index (χ0v) is 10.8. The summed E-state index contributed by atoms with van der Waals surface area (Å²) in [7, 11) is 1.87. The minimum atomic E-state index is -0.000645. The van der Waals surface area contributed by atoms with E-state index < -0.39 is 0 Å². The molecule has 1 aromatic heterocycles. The maximum Gasteiger partial charge on any atom is 0.267 e. The van der Waals surface area contributed by atoms with Crippen molar-refractivity contribution in [3.05, 3.63) is 22.4 Å². The van der Waals surface area contributed by atoms with E-state index in [0.717, 1.165) is 23.9 Å². The predicted molar refractivity (Wildman–Crippen MR) is 65.0 cm³/mol. The number of hydrogen-bond donors (Lipinski definition) is 1. The number of carbonyl (C=O) groups is 1. The zero-order valence-electron chi connectivity index (χ0n) is 9.22. The molecule has 0 spiro atoms. The lowest BCUT2D eigenvalue weighted by Gasteiger charge is -2.05. The molecule has 0 aliphatic carbocycles. The number of halogens is 1. The van der Waals surface area contributed by atoms with E-state index in [9.17, 15) is 4.79 Å². The molecule has 0 bridgehead atoms. The number of rotatable bonds is 5. The Hall–Kier alpha value is -0.770. The van der Waals surface area contributed by atoms with Crippen LogP contribution in [0.15, 0.2) is 16.7 Å². The van der Waals surface area contributed by atoms with Gasteiger partial charge >= 0.3 is 0 Å². The molecule has 0 atom stereocenters. The van der Waals surface area contributed by atoms with Crippen LogP contribution in [0.4, 0.5) is 0 Å². The minimum absolute atomic E-state index is 0.000645. The van der Waals surface area contributed by atoms with E-state index in [1.54, 1.807) is 0 Å². The Morgan fingerprint density at radius 2 is 2.27 bits per heavy atom. The quantitative estimate of drug-likeness (QED) is 0.822. The highest BCUT2D eigenvalue weighted by atomic mass is 79.9. The SMILES string of the molecule is CCCCCNC(=O)c1cc(Br)cn1C. The van der Waals surface area contributed by atoms with Gasteiger partial charge in [-0.3, -0.25) is 4.79 Å². The summed E-state index contributed by atoms with van der Waals surface area (Å²) >= 11 is 3.34. The fraction of sp³-hybridized carbons (Fsp3) is 0.545. The second-order valence-electron chi connectivity index (χ2n) is 3.62. The van der Waals surface area contributed by atoms with Crippen LogP contribution < -0.4 is 5.32 Å². The first-order valence-corrected chi connectivity index (χ1v) is 6.04. The van der Waals surface area contributed by atoms with Gasteiger partial charge in [0, 0.05) is 24.3 Å². The van der Waals surface area contributed by atoms with Crippen molar-refractivity contribution in [1.29, 1.82) is 0 Å². The number of aromatic nitrogens is 1. The highest BCUT2D eigenvalue weighted by molar-refractivity contribution is 9.10. The third kappa shape index (κ3) is 3.70. The minimum Gasteiger partial charge on any atom is -0.351 e. The van der Waals surface area contributed by atoms with E-state index in [2.05, 4.69) is 28.2 Å². The summed E-state index contributed by atoms with van der Waals surface area (Å²) in [5.74, 6) is -0.000645. The summed E-state index contributed by atoms with van der Waals surface area (Å²) in [6, 6.07) is 1.83. The van der Waals surface area contributed by atoms with Gasteiger partial charge in [0.2, 0.25) is 0 Å². The molecule has 0 aromatic carbocycles. The summed E-state index contributed by atoms with van der Waals surface area (Å²) in [4.78, 5) is 11.7. The van der Waals surface area contributed by atoms with Crippen molar-refractivity contribution in [2.24, 2.45) is 7.05 Å². The first-order valence-electron chi connectivity index (χ1n) is 5.25. The van der Waals surface area contributed by atoms with Crippen LogP contribution in [0.5, 0.6) is 0 Å². The third-order valence-corrected chi connectivity index (χ3v) is 2.70. The molecule has 0 radical (unpaired) electrons. The van der Waals surface area contributed by atoms with Gasteiger partial charge < -0.3 is 9.88 Å². The lowest BCUT2D eigenvalue weighted by molar-refractivity contribution is 0.0945. The van der Waals surface area contributed by atoms with Crippen LogP contribution in [0.1, 0.15) is 36.7 Å². The molecule has 0 saturated heterocycles. The van der Waals surface area contributed by atoms with Crippen LogP contribution in [0.25, 0.3) is 0 Å². The molecule has 84 valence electrons. The molecule has 3 nitrogen and oxygen atoms in total. The summed E-state index contributed by atoms with van der Waals surface area (Å²) in [6.07, 6.45) is 5.26. The van der Waals surface area contributed by atoms with Crippen LogP contribution >= 0.6 is 15.9 Å². The summed E-state index contributed by atoms with van der Waals surface area (Å²) in [5, 5.41) is 2.91. The van der Waals surface area contributed by atoms with Crippen molar-refractivity contribution in [2.45, 2.75) is 26.2 Å². The standard InChI is InChI=1S/C11H17BrN2O/c1-3-4-5-6-13-11(15)10-7-9(12)8-14(10)2/h7-8H,3-6H2,1-2H3,(H,13,15). The Balaban J connectivity index is 2.43. The van der Waals surface area contributed by atoms with Gasteiger partial charge in [-0.2, -0.15) is 0 Å². The Morgan fingerprint density at radius 3 is 2.80 bits per heavy atom. The average molecular weight is 273 g/mol. The van der Waals surface area contributed by atoms with Crippen LogP contribution in [-0.2, 0) is 7.05 Å². The van der Waals surface area contributed by atoms with Gasteiger partial charge in [-0.1, -0.05) is 19.8 Å². The van der Waals surface area contributed by atoms with Crippen LogP contribution in [0.3, 0.4) is 0 Å². The molecule has 4 heteroatoms.